The molecule has 3 aromatic rings. The van der Waals surface area contributed by atoms with Crippen molar-refractivity contribution >= 4 is 17.2 Å². The second-order valence-corrected chi connectivity index (χ2v) is 7.81. The van der Waals surface area contributed by atoms with E-state index in [0.717, 1.165) is 10.8 Å². The highest BCUT2D eigenvalue weighted by molar-refractivity contribution is 7.16. The van der Waals surface area contributed by atoms with Crippen molar-refractivity contribution < 1.29 is 13.9 Å². The first-order valence-corrected chi connectivity index (χ1v) is 10.00. The number of ether oxygens (including phenoxy) is 1. The third kappa shape index (κ3) is 3.87. The monoisotopic (exact) mass is 399 g/mol. The summed E-state index contributed by atoms with van der Waals surface area (Å²) in [4.78, 5) is 31.5. The molecule has 0 N–H and O–H groups in total. The molecule has 4 heterocycles. The number of carbonyl (C=O) groups excluding carboxylic acids is 1. The molecule has 28 heavy (non-hydrogen) atoms. The lowest BCUT2D eigenvalue weighted by atomic mass is 10.1. The molecule has 7 nitrogen and oxygen atoms in total. The van der Waals surface area contributed by atoms with Crippen LogP contribution >= 0.6 is 11.3 Å². The number of piperidine rings is 1. The summed E-state index contributed by atoms with van der Waals surface area (Å²) in [5.41, 5.74) is 0.338. The van der Waals surface area contributed by atoms with E-state index in [4.69, 9.17) is 9.15 Å². The number of thiazole rings is 1. The lowest BCUT2D eigenvalue weighted by Crippen LogP contribution is -2.41. The van der Waals surface area contributed by atoms with Gasteiger partial charge in [0.2, 0.25) is 0 Å². The standard InChI is InChI=1S/C20H21N3O4S/c1-13-11-16(12-17(24)26-13)27-15-5-9-22(10-6-15)19(25)18-14(2)21-20(28-18)23-7-3-4-8-23/h3-4,7-8,11-12,15H,5-6,9-10H2,1-2H3. The minimum Gasteiger partial charge on any atom is -0.490 e. The van der Waals surface area contributed by atoms with E-state index in [-0.39, 0.29) is 12.0 Å². The van der Waals surface area contributed by atoms with Gasteiger partial charge in [0, 0.05) is 44.4 Å². The summed E-state index contributed by atoms with van der Waals surface area (Å²) in [6.45, 7) is 4.81. The van der Waals surface area contributed by atoms with Gasteiger partial charge in [0.25, 0.3) is 5.91 Å². The first kappa shape index (κ1) is 18.5. The van der Waals surface area contributed by atoms with Crippen LogP contribution in [0.4, 0.5) is 0 Å². The summed E-state index contributed by atoms with van der Waals surface area (Å²) in [6, 6.07) is 6.93. The summed E-state index contributed by atoms with van der Waals surface area (Å²) in [7, 11) is 0. The number of hydrogen-bond acceptors (Lipinski definition) is 6. The molecule has 0 radical (unpaired) electrons. The molecule has 0 aromatic carbocycles. The van der Waals surface area contributed by atoms with Crippen molar-refractivity contribution in [3.8, 4) is 10.9 Å². The van der Waals surface area contributed by atoms with Crippen molar-refractivity contribution in [1.82, 2.24) is 14.5 Å². The average molecular weight is 399 g/mol. The van der Waals surface area contributed by atoms with Crippen molar-refractivity contribution in [2.24, 2.45) is 0 Å². The van der Waals surface area contributed by atoms with E-state index >= 15 is 0 Å². The lowest BCUT2D eigenvalue weighted by molar-refractivity contribution is 0.0598. The maximum Gasteiger partial charge on any atom is 0.339 e. The van der Waals surface area contributed by atoms with Crippen LogP contribution in [0.25, 0.3) is 5.13 Å². The highest BCUT2D eigenvalue weighted by Gasteiger charge is 2.27. The number of amides is 1. The molecule has 0 unspecified atom stereocenters. The Morgan fingerprint density at radius 2 is 1.93 bits per heavy atom. The second kappa shape index (κ2) is 7.63. The Bertz CT molecular complexity index is 1030. The third-order valence-corrected chi connectivity index (χ3v) is 5.86. The highest BCUT2D eigenvalue weighted by atomic mass is 32.1. The Balaban J connectivity index is 1.40. The predicted octanol–water partition coefficient (Wildman–Crippen LogP) is 3.19. The second-order valence-electron chi connectivity index (χ2n) is 6.83. The van der Waals surface area contributed by atoms with Gasteiger partial charge < -0.3 is 18.6 Å². The Labute approximate surface area is 166 Å². The summed E-state index contributed by atoms with van der Waals surface area (Å²) >= 11 is 1.41. The molecule has 0 spiro atoms. The van der Waals surface area contributed by atoms with E-state index in [1.807, 2.05) is 40.9 Å². The number of aromatic nitrogens is 2. The zero-order valence-electron chi connectivity index (χ0n) is 15.8. The van der Waals surface area contributed by atoms with Crippen LogP contribution in [-0.2, 0) is 0 Å². The number of nitrogens with zero attached hydrogens (tertiary/aromatic N) is 3. The summed E-state index contributed by atoms with van der Waals surface area (Å²) in [5.74, 6) is 1.06. The highest BCUT2D eigenvalue weighted by Crippen LogP contribution is 2.25. The average Bonchev–Trinajstić information content (AvgIpc) is 3.30. The van der Waals surface area contributed by atoms with Crippen molar-refractivity contribution in [3.05, 3.63) is 63.4 Å². The minimum atomic E-state index is -0.415. The first-order valence-electron chi connectivity index (χ1n) is 9.18. The Morgan fingerprint density at radius 3 is 2.61 bits per heavy atom. The van der Waals surface area contributed by atoms with E-state index in [1.165, 1.54) is 17.4 Å². The molecule has 1 aliphatic rings. The van der Waals surface area contributed by atoms with Gasteiger partial charge in [-0.05, 0) is 26.0 Å². The quantitative estimate of drug-likeness (QED) is 0.673. The number of aryl methyl sites for hydroxylation is 2. The lowest BCUT2D eigenvalue weighted by Gasteiger charge is -2.32. The molecule has 146 valence electrons. The summed E-state index contributed by atoms with van der Waals surface area (Å²) in [5, 5.41) is 0.794. The van der Waals surface area contributed by atoms with E-state index in [9.17, 15) is 9.59 Å². The van der Waals surface area contributed by atoms with Crippen LogP contribution < -0.4 is 10.4 Å². The minimum absolute atomic E-state index is 0.0167. The van der Waals surface area contributed by atoms with Crippen molar-refractivity contribution in [3.63, 3.8) is 0 Å². The van der Waals surface area contributed by atoms with E-state index in [0.29, 0.717) is 42.3 Å². The molecule has 1 fully saturated rings. The number of hydrogen-bond donors (Lipinski definition) is 0. The molecule has 8 heteroatoms. The van der Waals surface area contributed by atoms with Gasteiger partial charge in [0.1, 0.15) is 22.5 Å². The maximum atomic E-state index is 13.0. The van der Waals surface area contributed by atoms with E-state index in [1.54, 1.807) is 13.0 Å². The van der Waals surface area contributed by atoms with Gasteiger partial charge >= 0.3 is 5.63 Å². The van der Waals surface area contributed by atoms with Gasteiger partial charge in [0.15, 0.2) is 5.13 Å². The van der Waals surface area contributed by atoms with Crippen LogP contribution in [0.2, 0.25) is 0 Å². The van der Waals surface area contributed by atoms with Gasteiger partial charge in [0.05, 0.1) is 11.8 Å². The van der Waals surface area contributed by atoms with E-state index in [2.05, 4.69) is 4.98 Å². The fraction of sp³-hybridized carbons (Fsp3) is 0.350. The van der Waals surface area contributed by atoms with Crippen LogP contribution in [0.15, 0.2) is 45.9 Å². The number of carbonyl (C=O) groups is 1. The largest absolute Gasteiger partial charge is 0.490 e. The number of rotatable bonds is 4. The normalized spacial score (nSPS) is 15.0. The van der Waals surface area contributed by atoms with Gasteiger partial charge in [-0.1, -0.05) is 11.3 Å². The fourth-order valence-corrected chi connectivity index (χ4v) is 4.31. The summed E-state index contributed by atoms with van der Waals surface area (Å²) < 4.78 is 12.8. The Hall–Kier alpha value is -2.87. The summed E-state index contributed by atoms with van der Waals surface area (Å²) in [6.07, 6.45) is 5.24. The molecule has 4 rings (SSSR count). The zero-order valence-corrected chi connectivity index (χ0v) is 16.6. The molecule has 3 aromatic heterocycles. The van der Waals surface area contributed by atoms with Crippen molar-refractivity contribution in [1.29, 1.82) is 0 Å². The molecule has 1 amide bonds. The predicted molar refractivity (Wildman–Crippen MR) is 105 cm³/mol. The van der Waals surface area contributed by atoms with Gasteiger partial charge in [-0.15, -0.1) is 0 Å². The van der Waals surface area contributed by atoms with Crippen LogP contribution in [0.3, 0.4) is 0 Å². The Kier molecular flexibility index (Phi) is 5.04. The molecule has 0 aliphatic carbocycles. The fourth-order valence-electron chi connectivity index (χ4n) is 3.31. The third-order valence-electron chi connectivity index (χ3n) is 4.70. The molecular formula is C20H21N3O4S. The van der Waals surface area contributed by atoms with Crippen LogP contribution in [0.5, 0.6) is 5.75 Å². The van der Waals surface area contributed by atoms with Gasteiger partial charge in [-0.3, -0.25) is 4.79 Å². The van der Waals surface area contributed by atoms with Crippen molar-refractivity contribution in [2.45, 2.75) is 32.8 Å². The molecule has 1 aliphatic heterocycles. The van der Waals surface area contributed by atoms with Crippen LogP contribution in [-0.4, -0.2) is 39.6 Å². The van der Waals surface area contributed by atoms with Gasteiger partial charge in [-0.2, -0.15) is 0 Å². The topological polar surface area (TPSA) is 77.6 Å². The molecule has 1 saturated heterocycles. The SMILES string of the molecule is Cc1cc(OC2CCN(C(=O)c3sc(-n4cccc4)nc3C)CC2)cc(=O)o1. The van der Waals surface area contributed by atoms with Gasteiger partial charge in [-0.25, -0.2) is 9.78 Å². The Morgan fingerprint density at radius 1 is 1.21 bits per heavy atom. The molecular weight excluding hydrogens is 378 g/mol. The maximum absolute atomic E-state index is 13.0. The smallest absolute Gasteiger partial charge is 0.339 e. The first-order chi connectivity index (χ1) is 13.5. The van der Waals surface area contributed by atoms with Crippen LogP contribution in [0, 0.1) is 13.8 Å². The molecule has 0 bridgehead atoms. The van der Waals surface area contributed by atoms with Crippen LogP contribution in [0.1, 0.15) is 34.0 Å². The number of likely N-dealkylation sites (tertiary alicyclic amines) is 1. The molecule has 0 atom stereocenters. The zero-order chi connectivity index (χ0) is 19.7. The van der Waals surface area contributed by atoms with E-state index < -0.39 is 5.63 Å². The van der Waals surface area contributed by atoms with Crippen molar-refractivity contribution in [2.75, 3.05) is 13.1 Å². The molecule has 0 saturated carbocycles.